The molecule has 0 saturated heterocycles. The second-order valence-electron chi connectivity index (χ2n) is 5.24. The third kappa shape index (κ3) is 3.39. The Morgan fingerprint density at radius 1 is 0.913 bits per heavy atom. The number of nitrogens with zero attached hydrogens (tertiary/aromatic N) is 1. The fraction of sp³-hybridized carbons (Fsp3) is 0.105. The summed E-state index contributed by atoms with van der Waals surface area (Å²) >= 11 is 11.8. The van der Waals surface area contributed by atoms with Gasteiger partial charge in [0.1, 0.15) is 11.0 Å². The second kappa shape index (κ2) is 6.69. The van der Waals surface area contributed by atoms with Crippen LogP contribution < -0.4 is 0 Å². The molecule has 23 heavy (non-hydrogen) atoms. The Morgan fingerprint density at radius 3 is 2.22 bits per heavy atom. The number of hydrogen-bond acceptors (Lipinski definition) is 1. The standard InChI is InChI=1S/C19H14Cl2FN/c1-2-12-3-5-13(6-4-12)16-8-7-14(10-18(16)22)15-9-17(20)19(21)23-11-15/h3-11H,2H2,1H3. The summed E-state index contributed by atoms with van der Waals surface area (Å²) in [6, 6.07) is 14.7. The van der Waals surface area contributed by atoms with Crippen molar-refractivity contribution < 1.29 is 4.39 Å². The summed E-state index contributed by atoms with van der Waals surface area (Å²) in [6.45, 7) is 2.09. The molecule has 0 aliphatic rings. The van der Waals surface area contributed by atoms with Gasteiger partial charge in [0, 0.05) is 17.3 Å². The van der Waals surface area contributed by atoms with Gasteiger partial charge in [-0.1, -0.05) is 66.5 Å². The van der Waals surface area contributed by atoms with E-state index in [1.807, 2.05) is 30.3 Å². The van der Waals surface area contributed by atoms with Crippen LogP contribution >= 0.6 is 23.2 Å². The lowest BCUT2D eigenvalue weighted by Gasteiger charge is -2.08. The molecule has 0 amide bonds. The number of benzene rings is 2. The molecule has 0 atom stereocenters. The molecule has 0 aliphatic carbocycles. The SMILES string of the molecule is CCc1ccc(-c2ccc(-c3cnc(Cl)c(Cl)c3)cc2F)cc1. The smallest absolute Gasteiger partial charge is 0.147 e. The predicted octanol–water partition coefficient (Wildman–Crippen LogP) is 6.42. The van der Waals surface area contributed by atoms with E-state index in [9.17, 15) is 4.39 Å². The van der Waals surface area contributed by atoms with Crippen LogP contribution in [0.1, 0.15) is 12.5 Å². The van der Waals surface area contributed by atoms with E-state index < -0.39 is 0 Å². The quantitative estimate of drug-likeness (QED) is 0.498. The molecule has 3 rings (SSSR count). The highest BCUT2D eigenvalue weighted by Gasteiger charge is 2.09. The molecule has 0 aliphatic heterocycles. The van der Waals surface area contributed by atoms with Crippen molar-refractivity contribution in [2.75, 3.05) is 0 Å². The lowest BCUT2D eigenvalue weighted by Crippen LogP contribution is -1.88. The number of pyridine rings is 1. The minimum absolute atomic E-state index is 0.239. The van der Waals surface area contributed by atoms with Crippen molar-refractivity contribution in [1.29, 1.82) is 0 Å². The molecule has 0 spiro atoms. The van der Waals surface area contributed by atoms with Crippen LogP contribution in [0.25, 0.3) is 22.3 Å². The van der Waals surface area contributed by atoms with Gasteiger partial charge in [-0.25, -0.2) is 9.37 Å². The second-order valence-corrected chi connectivity index (χ2v) is 6.01. The van der Waals surface area contributed by atoms with Crippen LogP contribution in [-0.2, 0) is 6.42 Å². The predicted molar refractivity (Wildman–Crippen MR) is 94.5 cm³/mol. The number of hydrogen-bond donors (Lipinski definition) is 0. The number of aromatic nitrogens is 1. The van der Waals surface area contributed by atoms with Gasteiger partial charge in [0.25, 0.3) is 0 Å². The van der Waals surface area contributed by atoms with Gasteiger partial charge in [0.2, 0.25) is 0 Å². The molecule has 0 radical (unpaired) electrons. The molecule has 0 unspecified atom stereocenters. The van der Waals surface area contributed by atoms with E-state index in [2.05, 4.69) is 11.9 Å². The molecule has 3 aromatic rings. The van der Waals surface area contributed by atoms with E-state index in [1.165, 1.54) is 11.6 Å². The highest BCUT2D eigenvalue weighted by atomic mass is 35.5. The van der Waals surface area contributed by atoms with E-state index in [4.69, 9.17) is 23.2 Å². The molecule has 1 aromatic heterocycles. The lowest BCUT2D eigenvalue weighted by atomic mass is 9.99. The van der Waals surface area contributed by atoms with Crippen LogP contribution in [0.15, 0.2) is 54.7 Å². The molecule has 0 saturated carbocycles. The highest BCUT2D eigenvalue weighted by molar-refractivity contribution is 6.41. The van der Waals surface area contributed by atoms with Gasteiger partial charge in [-0.3, -0.25) is 0 Å². The monoisotopic (exact) mass is 345 g/mol. The normalized spacial score (nSPS) is 10.8. The number of rotatable bonds is 3. The van der Waals surface area contributed by atoms with Crippen LogP contribution in [0, 0.1) is 5.82 Å². The highest BCUT2D eigenvalue weighted by Crippen LogP contribution is 2.30. The Hall–Kier alpha value is -1.90. The molecular weight excluding hydrogens is 332 g/mol. The van der Waals surface area contributed by atoms with E-state index in [0.29, 0.717) is 16.1 Å². The summed E-state index contributed by atoms with van der Waals surface area (Å²) in [5, 5.41) is 0.590. The summed E-state index contributed by atoms with van der Waals surface area (Å²) in [7, 11) is 0. The Kier molecular flexibility index (Phi) is 4.65. The molecule has 116 valence electrons. The largest absolute Gasteiger partial charge is 0.242 e. The summed E-state index contributed by atoms with van der Waals surface area (Å²) in [6.07, 6.45) is 2.55. The summed E-state index contributed by atoms with van der Waals surface area (Å²) < 4.78 is 14.5. The molecule has 1 heterocycles. The Bertz CT molecular complexity index is 844. The molecular formula is C19H14Cl2FN. The maximum Gasteiger partial charge on any atom is 0.147 e. The molecule has 2 aromatic carbocycles. The van der Waals surface area contributed by atoms with Crippen molar-refractivity contribution in [3.8, 4) is 22.3 Å². The Balaban J connectivity index is 1.98. The van der Waals surface area contributed by atoms with Gasteiger partial charge in [-0.2, -0.15) is 0 Å². The Morgan fingerprint density at radius 2 is 1.61 bits per heavy atom. The van der Waals surface area contributed by atoms with E-state index in [-0.39, 0.29) is 11.0 Å². The van der Waals surface area contributed by atoms with Crippen molar-refractivity contribution in [1.82, 2.24) is 4.98 Å². The van der Waals surface area contributed by atoms with Crippen molar-refractivity contribution >= 4 is 23.2 Å². The molecule has 0 fully saturated rings. The van der Waals surface area contributed by atoms with E-state index >= 15 is 0 Å². The van der Waals surface area contributed by atoms with Gasteiger partial charge in [0.15, 0.2) is 0 Å². The molecule has 0 N–H and O–H groups in total. The third-order valence-corrected chi connectivity index (χ3v) is 4.46. The molecule has 4 heteroatoms. The average molecular weight is 346 g/mol. The van der Waals surface area contributed by atoms with Crippen molar-refractivity contribution in [3.63, 3.8) is 0 Å². The fourth-order valence-corrected chi connectivity index (χ4v) is 2.70. The molecule has 0 bridgehead atoms. The summed E-state index contributed by atoms with van der Waals surface area (Å²) in [5.41, 5.74) is 4.10. The Labute approximate surface area is 144 Å². The zero-order valence-corrected chi connectivity index (χ0v) is 14.0. The first-order valence-corrected chi connectivity index (χ1v) is 8.04. The van der Waals surface area contributed by atoms with Crippen LogP contribution in [0.5, 0.6) is 0 Å². The topological polar surface area (TPSA) is 12.9 Å². The molecule has 1 nitrogen and oxygen atoms in total. The fourth-order valence-electron chi connectivity index (χ4n) is 2.43. The maximum absolute atomic E-state index is 14.5. The van der Waals surface area contributed by atoms with Crippen LogP contribution in [0.2, 0.25) is 10.2 Å². The number of aryl methyl sites for hydroxylation is 1. The summed E-state index contributed by atoms with van der Waals surface area (Å²) in [5.74, 6) is -0.280. The first kappa shape index (κ1) is 16.0. The number of halogens is 3. The van der Waals surface area contributed by atoms with Gasteiger partial charge in [0.05, 0.1) is 5.02 Å². The van der Waals surface area contributed by atoms with Gasteiger partial charge >= 0.3 is 0 Å². The first-order chi connectivity index (χ1) is 11.1. The van der Waals surface area contributed by atoms with Crippen LogP contribution in [0.4, 0.5) is 4.39 Å². The lowest BCUT2D eigenvalue weighted by molar-refractivity contribution is 0.632. The van der Waals surface area contributed by atoms with Gasteiger partial charge < -0.3 is 0 Å². The van der Waals surface area contributed by atoms with Crippen LogP contribution in [0.3, 0.4) is 0 Å². The van der Waals surface area contributed by atoms with Crippen LogP contribution in [-0.4, -0.2) is 4.98 Å². The van der Waals surface area contributed by atoms with E-state index in [0.717, 1.165) is 17.5 Å². The minimum Gasteiger partial charge on any atom is -0.242 e. The zero-order valence-electron chi connectivity index (χ0n) is 12.5. The maximum atomic E-state index is 14.5. The zero-order chi connectivity index (χ0) is 16.4. The average Bonchev–Trinajstić information content (AvgIpc) is 2.57. The van der Waals surface area contributed by atoms with E-state index in [1.54, 1.807) is 18.3 Å². The van der Waals surface area contributed by atoms with Crippen molar-refractivity contribution in [3.05, 3.63) is 76.3 Å². The van der Waals surface area contributed by atoms with Crippen molar-refractivity contribution in [2.45, 2.75) is 13.3 Å². The van der Waals surface area contributed by atoms with Gasteiger partial charge in [-0.15, -0.1) is 0 Å². The minimum atomic E-state index is -0.280. The first-order valence-electron chi connectivity index (χ1n) is 7.28. The summed E-state index contributed by atoms with van der Waals surface area (Å²) in [4.78, 5) is 4.00. The van der Waals surface area contributed by atoms with Crippen molar-refractivity contribution in [2.24, 2.45) is 0 Å². The van der Waals surface area contributed by atoms with Gasteiger partial charge in [-0.05, 0) is 35.2 Å². The third-order valence-electron chi connectivity index (χ3n) is 3.77.